The summed E-state index contributed by atoms with van der Waals surface area (Å²) >= 11 is 0. The van der Waals surface area contributed by atoms with Gasteiger partial charge in [-0.3, -0.25) is 9.69 Å². The van der Waals surface area contributed by atoms with Crippen LogP contribution in [0.1, 0.15) is 11.1 Å². The number of rotatable bonds is 7. The molecule has 1 fully saturated rings. The lowest BCUT2D eigenvalue weighted by atomic mass is 10.1. The molecule has 31 heavy (non-hydrogen) atoms. The standard InChI is InChI=1S/C19H27F4N5O2.HI/c1-27(2)17(29)13-26-18(24-5-6-28-7-9-30-10-8-28)25-12-14-3-4-15(20)11-16(14)19(21,22)23;/h3-4,11H,5-10,12-13H2,1-2H3,(H2,24,25,26);1H. The van der Waals surface area contributed by atoms with Crippen LogP contribution >= 0.6 is 24.0 Å². The molecule has 176 valence electrons. The minimum Gasteiger partial charge on any atom is -0.379 e. The van der Waals surface area contributed by atoms with E-state index in [1.807, 2.05) is 0 Å². The van der Waals surface area contributed by atoms with Gasteiger partial charge in [-0.1, -0.05) is 6.07 Å². The zero-order valence-electron chi connectivity index (χ0n) is 17.5. The van der Waals surface area contributed by atoms with Crippen LogP contribution in [0.5, 0.6) is 0 Å². The number of amides is 1. The van der Waals surface area contributed by atoms with Crippen LogP contribution in [0.15, 0.2) is 23.2 Å². The monoisotopic (exact) mass is 561 g/mol. The lowest BCUT2D eigenvalue weighted by molar-refractivity contribution is -0.138. The number of carbonyl (C=O) groups excluding carboxylic acids is 1. The Morgan fingerprint density at radius 1 is 1.23 bits per heavy atom. The summed E-state index contributed by atoms with van der Waals surface area (Å²) in [7, 11) is 3.20. The number of hydrogen-bond acceptors (Lipinski definition) is 4. The number of alkyl halides is 3. The number of halogens is 5. The Hall–Kier alpha value is -1.67. The van der Waals surface area contributed by atoms with Crippen molar-refractivity contribution >= 4 is 35.8 Å². The Kier molecular flexibility index (Phi) is 11.5. The summed E-state index contributed by atoms with van der Waals surface area (Å²) in [5.41, 5.74) is -1.22. The summed E-state index contributed by atoms with van der Waals surface area (Å²) in [6, 6.07) is 2.49. The van der Waals surface area contributed by atoms with E-state index >= 15 is 0 Å². The number of carbonyl (C=O) groups is 1. The number of nitrogens with zero attached hydrogens (tertiary/aromatic N) is 3. The third kappa shape index (κ3) is 9.56. The van der Waals surface area contributed by atoms with Crippen LogP contribution in [0, 0.1) is 5.82 Å². The number of nitrogens with one attached hydrogen (secondary N) is 2. The van der Waals surface area contributed by atoms with Gasteiger partial charge < -0.3 is 20.3 Å². The molecule has 1 aromatic rings. The van der Waals surface area contributed by atoms with Crippen molar-refractivity contribution < 1.29 is 27.1 Å². The smallest absolute Gasteiger partial charge is 0.379 e. The van der Waals surface area contributed by atoms with Gasteiger partial charge in [-0.25, -0.2) is 9.38 Å². The summed E-state index contributed by atoms with van der Waals surface area (Å²) in [4.78, 5) is 19.6. The molecule has 2 rings (SSSR count). The molecule has 1 aromatic carbocycles. The van der Waals surface area contributed by atoms with Gasteiger partial charge in [-0.05, 0) is 17.7 Å². The second kappa shape index (κ2) is 13.0. The molecule has 1 aliphatic heterocycles. The minimum absolute atomic E-state index is 0. The van der Waals surface area contributed by atoms with Gasteiger partial charge in [0.2, 0.25) is 5.91 Å². The van der Waals surface area contributed by atoms with Crippen LogP contribution in [0.3, 0.4) is 0 Å². The third-order valence-electron chi connectivity index (χ3n) is 4.51. The van der Waals surface area contributed by atoms with E-state index in [1.54, 1.807) is 14.1 Å². The van der Waals surface area contributed by atoms with Gasteiger partial charge in [0.05, 0.1) is 31.9 Å². The summed E-state index contributed by atoms with van der Waals surface area (Å²) in [5, 5.41) is 5.86. The van der Waals surface area contributed by atoms with E-state index < -0.39 is 17.6 Å². The maximum Gasteiger partial charge on any atom is 0.416 e. The molecule has 1 saturated heterocycles. The second-order valence-corrected chi connectivity index (χ2v) is 6.99. The molecule has 0 unspecified atom stereocenters. The number of hydrogen-bond donors (Lipinski definition) is 2. The molecular formula is C19H28F4IN5O2. The van der Waals surface area contributed by atoms with Crippen molar-refractivity contribution in [3.63, 3.8) is 0 Å². The second-order valence-electron chi connectivity index (χ2n) is 6.99. The van der Waals surface area contributed by atoms with Crippen molar-refractivity contribution in [1.29, 1.82) is 0 Å². The molecule has 0 radical (unpaired) electrons. The SMILES string of the molecule is CN(C)C(=O)CNC(=NCc1ccc(F)cc1C(F)(F)F)NCCN1CCOCC1.I. The number of likely N-dealkylation sites (N-methyl/N-ethyl adjacent to an activating group) is 1. The topological polar surface area (TPSA) is 69.2 Å². The molecule has 0 atom stereocenters. The van der Waals surface area contributed by atoms with Gasteiger partial charge in [0.15, 0.2) is 5.96 Å². The van der Waals surface area contributed by atoms with Gasteiger partial charge in [-0.2, -0.15) is 13.2 Å². The minimum atomic E-state index is -4.69. The lowest BCUT2D eigenvalue weighted by Gasteiger charge is -2.26. The average Bonchev–Trinajstić information content (AvgIpc) is 2.70. The maximum atomic E-state index is 13.3. The van der Waals surface area contributed by atoms with Crippen LogP contribution in [-0.4, -0.2) is 81.7 Å². The van der Waals surface area contributed by atoms with E-state index in [0.29, 0.717) is 32.4 Å². The number of morpholine rings is 1. The zero-order valence-corrected chi connectivity index (χ0v) is 19.8. The van der Waals surface area contributed by atoms with E-state index in [4.69, 9.17) is 4.74 Å². The highest BCUT2D eigenvalue weighted by atomic mass is 127. The van der Waals surface area contributed by atoms with Crippen molar-refractivity contribution in [1.82, 2.24) is 20.4 Å². The predicted octanol–water partition coefficient (Wildman–Crippen LogP) is 1.92. The average molecular weight is 561 g/mol. The molecule has 12 heteroatoms. The van der Waals surface area contributed by atoms with E-state index in [2.05, 4.69) is 20.5 Å². The van der Waals surface area contributed by atoms with E-state index in [9.17, 15) is 22.4 Å². The van der Waals surface area contributed by atoms with Crippen LogP contribution in [0.25, 0.3) is 0 Å². The number of aliphatic imine (C=N–C) groups is 1. The summed E-state index contributed by atoms with van der Waals surface area (Å²) in [5.74, 6) is -0.972. The number of ether oxygens (including phenoxy) is 1. The molecular weight excluding hydrogens is 533 g/mol. The van der Waals surface area contributed by atoms with Crippen molar-refractivity contribution in [2.24, 2.45) is 4.99 Å². The molecule has 0 aromatic heterocycles. The van der Waals surface area contributed by atoms with Crippen LogP contribution in [-0.2, 0) is 22.3 Å². The van der Waals surface area contributed by atoms with Crippen LogP contribution in [0.4, 0.5) is 17.6 Å². The highest BCUT2D eigenvalue weighted by molar-refractivity contribution is 14.0. The molecule has 0 aliphatic carbocycles. The molecule has 1 heterocycles. The molecule has 0 spiro atoms. The van der Waals surface area contributed by atoms with E-state index in [-0.39, 0.29) is 54.5 Å². The highest BCUT2D eigenvalue weighted by Gasteiger charge is 2.33. The lowest BCUT2D eigenvalue weighted by Crippen LogP contribution is -2.46. The zero-order chi connectivity index (χ0) is 22.1. The van der Waals surface area contributed by atoms with Gasteiger partial charge in [0.25, 0.3) is 0 Å². The summed E-state index contributed by atoms with van der Waals surface area (Å²) < 4.78 is 58.2. The number of guanidine groups is 1. The van der Waals surface area contributed by atoms with Gasteiger partial charge >= 0.3 is 6.18 Å². The molecule has 7 nitrogen and oxygen atoms in total. The van der Waals surface area contributed by atoms with E-state index in [1.165, 1.54) is 4.90 Å². The van der Waals surface area contributed by atoms with Gasteiger partial charge in [0.1, 0.15) is 5.82 Å². The van der Waals surface area contributed by atoms with Gasteiger partial charge in [-0.15, -0.1) is 24.0 Å². The third-order valence-corrected chi connectivity index (χ3v) is 4.51. The van der Waals surface area contributed by atoms with Gasteiger partial charge in [0, 0.05) is 40.3 Å². The summed E-state index contributed by atoms with van der Waals surface area (Å²) in [6.07, 6.45) is -4.69. The quantitative estimate of drug-likeness (QED) is 0.231. The van der Waals surface area contributed by atoms with Crippen LogP contribution in [0.2, 0.25) is 0 Å². The first-order valence-electron chi connectivity index (χ1n) is 9.55. The van der Waals surface area contributed by atoms with Crippen LogP contribution < -0.4 is 10.6 Å². The fraction of sp³-hybridized carbons (Fsp3) is 0.579. The summed E-state index contributed by atoms with van der Waals surface area (Å²) in [6.45, 7) is 3.69. The Morgan fingerprint density at radius 3 is 2.52 bits per heavy atom. The molecule has 2 N–H and O–H groups in total. The molecule has 0 bridgehead atoms. The Morgan fingerprint density at radius 2 is 1.90 bits per heavy atom. The van der Waals surface area contributed by atoms with Crippen molar-refractivity contribution in [3.05, 3.63) is 35.1 Å². The van der Waals surface area contributed by atoms with Crippen molar-refractivity contribution in [2.45, 2.75) is 12.7 Å². The predicted molar refractivity (Wildman–Crippen MR) is 120 cm³/mol. The first-order valence-corrected chi connectivity index (χ1v) is 9.55. The van der Waals surface area contributed by atoms with Crippen molar-refractivity contribution in [3.8, 4) is 0 Å². The Balaban J connectivity index is 0.00000480. The Labute approximate surface area is 196 Å². The fourth-order valence-corrected chi connectivity index (χ4v) is 2.76. The highest BCUT2D eigenvalue weighted by Crippen LogP contribution is 2.32. The molecule has 1 amide bonds. The maximum absolute atomic E-state index is 13.3. The first kappa shape index (κ1) is 27.4. The molecule has 0 saturated carbocycles. The normalized spacial score (nSPS) is 15.2. The number of benzene rings is 1. The first-order chi connectivity index (χ1) is 14.2. The van der Waals surface area contributed by atoms with E-state index in [0.717, 1.165) is 25.2 Å². The van der Waals surface area contributed by atoms with Crippen molar-refractivity contribution in [2.75, 3.05) is 60.0 Å². The fourth-order valence-electron chi connectivity index (χ4n) is 2.76. The largest absolute Gasteiger partial charge is 0.416 e. The molecule has 1 aliphatic rings. The Bertz CT molecular complexity index is 740.